The van der Waals surface area contributed by atoms with E-state index in [0.29, 0.717) is 11.9 Å². The smallest absolute Gasteiger partial charge is 0.283 e. The summed E-state index contributed by atoms with van der Waals surface area (Å²) in [6.45, 7) is 2.10. The van der Waals surface area contributed by atoms with Crippen LogP contribution in [0.15, 0.2) is 53.5 Å². The first kappa shape index (κ1) is 12.5. The molecule has 1 aliphatic heterocycles. The highest BCUT2D eigenvalue weighted by molar-refractivity contribution is 5.73. The number of fused-ring (bicyclic) bond motifs is 3. The third-order valence-corrected chi connectivity index (χ3v) is 4.54. The van der Waals surface area contributed by atoms with E-state index in [9.17, 15) is 0 Å². The summed E-state index contributed by atoms with van der Waals surface area (Å²) in [6, 6.07) is 17.4. The molecule has 2 aliphatic rings. The Kier molecular flexibility index (Phi) is 2.74. The van der Waals surface area contributed by atoms with Gasteiger partial charge in [0.05, 0.1) is 6.04 Å². The first-order valence-electron chi connectivity index (χ1n) is 7.36. The highest BCUT2D eigenvalue weighted by Crippen LogP contribution is 2.48. The minimum absolute atomic E-state index is 0.0324. The van der Waals surface area contributed by atoms with Crippen LogP contribution in [0, 0.1) is 12.8 Å². The lowest BCUT2D eigenvalue weighted by atomic mass is 9.88. The Hall–Kier alpha value is -2.29. The number of nitrogens with two attached hydrogens (primary N) is 1. The Balaban J connectivity index is 1.76. The molecule has 0 bridgehead atoms. The second-order valence-electron chi connectivity index (χ2n) is 5.93. The predicted molar refractivity (Wildman–Crippen MR) is 83.0 cm³/mol. The van der Waals surface area contributed by atoms with Crippen molar-refractivity contribution < 1.29 is 4.74 Å². The molecule has 21 heavy (non-hydrogen) atoms. The number of amidine groups is 1. The van der Waals surface area contributed by atoms with Gasteiger partial charge in [-0.15, -0.1) is 0 Å². The van der Waals surface area contributed by atoms with Gasteiger partial charge in [-0.25, -0.2) is 4.99 Å². The standard InChI is InChI=1S/C18H18N2O/c1-11-6-8-12(9-7-11)16-15-10-13-4-2-3-5-14(13)17(15)21-18(19)20-16/h2-9,15-17H,10H2,1H3,(H2,19,20)/t15-,16+,17+/m1/s1. The zero-order valence-corrected chi connectivity index (χ0v) is 12.0. The van der Waals surface area contributed by atoms with Gasteiger partial charge in [-0.2, -0.15) is 0 Å². The van der Waals surface area contributed by atoms with Gasteiger partial charge in [0.1, 0.15) is 6.10 Å². The van der Waals surface area contributed by atoms with E-state index in [4.69, 9.17) is 10.5 Å². The monoisotopic (exact) mass is 278 g/mol. The second-order valence-corrected chi connectivity index (χ2v) is 5.93. The van der Waals surface area contributed by atoms with Crippen molar-refractivity contribution in [3.05, 3.63) is 70.8 Å². The van der Waals surface area contributed by atoms with Crippen LogP contribution in [-0.2, 0) is 11.2 Å². The summed E-state index contributed by atoms with van der Waals surface area (Å²) < 4.78 is 5.84. The van der Waals surface area contributed by atoms with Gasteiger partial charge in [0.15, 0.2) is 0 Å². The third kappa shape index (κ3) is 2.00. The molecule has 106 valence electrons. The van der Waals surface area contributed by atoms with Gasteiger partial charge in [-0.05, 0) is 30.0 Å². The molecule has 3 heteroatoms. The van der Waals surface area contributed by atoms with Crippen LogP contribution in [0.25, 0.3) is 0 Å². The number of ether oxygens (including phenoxy) is 1. The molecular weight excluding hydrogens is 260 g/mol. The van der Waals surface area contributed by atoms with Crippen LogP contribution in [-0.4, -0.2) is 6.02 Å². The van der Waals surface area contributed by atoms with E-state index in [1.54, 1.807) is 0 Å². The number of rotatable bonds is 1. The molecule has 3 atom stereocenters. The molecule has 0 amide bonds. The molecule has 0 saturated heterocycles. The van der Waals surface area contributed by atoms with Gasteiger partial charge in [-0.3, -0.25) is 0 Å². The molecular formula is C18H18N2O. The Morgan fingerprint density at radius 1 is 1.10 bits per heavy atom. The summed E-state index contributed by atoms with van der Waals surface area (Å²) in [5.41, 5.74) is 11.0. The molecule has 2 N–H and O–H groups in total. The lowest BCUT2D eigenvalue weighted by Crippen LogP contribution is -2.31. The zero-order chi connectivity index (χ0) is 14.4. The van der Waals surface area contributed by atoms with Crippen LogP contribution in [0.2, 0.25) is 0 Å². The van der Waals surface area contributed by atoms with Crippen molar-refractivity contribution in [2.45, 2.75) is 25.5 Å². The third-order valence-electron chi connectivity index (χ3n) is 4.54. The summed E-state index contributed by atoms with van der Waals surface area (Å²) in [7, 11) is 0. The first-order chi connectivity index (χ1) is 10.2. The van der Waals surface area contributed by atoms with Gasteiger partial charge < -0.3 is 10.5 Å². The number of aliphatic imine (C=N–C) groups is 1. The van der Waals surface area contributed by atoms with E-state index in [1.807, 2.05) is 0 Å². The van der Waals surface area contributed by atoms with Gasteiger partial charge in [0, 0.05) is 5.92 Å². The van der Waals surface area contributed by atoms with E-state index < -0.39 is 0 Å². The lowest BCUT2D eigenvalue weighted by molar-refractivity contribution is 0.0964. The first-order valence-corrected chi connectivity index (χ1v) is 7.36. The minimum atomic E-state index is 0.0324. The number of aryl methyl sites for hydroxylation is 1. The average Bonchev–Trinajstić information content (AvgIpc) is 2.86. The van der Waals surface area contributed by atoms with Crippen LogP contribution < -0.4 is 5.73 Å². The van der Waals surface area contributed by atoms with Crippen molar-refractivity contribution in [3.63, 3.8) is 0 Å². The van der Waals surface area contributed by atoms with E-state index >= 15 is 0 Å². The SMILES string of the molecule is Cc1ccc([C@@H]2N=C(N)O[C@H]3c4ccccc4C[C@H]23)cc1. The van der Waals surface area contributed by atoms with Crippen LogP contribution in [0.4, 0.5) is 0 Å². The van der Waals surface area contributed by atoms with Crippen LogP contribution >= 0.6 is 0 Å². The van der Waals surface area contributed by atoms with Crippen molar-refractivity contribution in [1.29, 1.82) is 0 Å². The van der Waals surface area contributed by atoms with Crippen molar-refractivity contribution in [1.82, 2.24) is 0 Å². The zero-order valence-electron chi connectivity index (χ0n) is 12.0. The molecule has 0 aromatic heterocycles. The highest BCUT2D eigenvalue weighted by Gasteiger charge is 2.42. The van der Waals surface area contributed by atoms with E-state index in [-0.39, 0.29) is 12.1 Å². The molecule has 1 heterocycles. The summed E-state index contributed by atoms with van der Waals surface area (Å²) in [5, 5.41) is 0. The fourth-order valence-corrected chi connectivity index (χ4v) is 3.50. The molecule has 2 aromatic rings. The van der Waals surface area contributed by atoms with Gasteiger partial charge in [-0.1, -0.05) is 54.1 Å². The van der Waals surface area contributed by atoms with Crippen LogP contribution in [0.1, 0.15) is 34.4 Å². The molecule has 4 rings (SSSR count). The number of hydrogen-bond donors (Lipinski definition) is 1. The van der Waals surface area contributed by atoms with Gasteiger partial charge >= 0.3 is 0 Å². The quantitative estimate of drug-likeness (QED) is 0.870. The average molecular weight is 278 g/mol. The van der Waals surface area contributed by atoms with Crippen molar-refractivity contribution >= 4 is 6.02 Å². The Bertz CT molecular complexity index is 705. The van der Waals surface area contributed by atoms with E-state index in [1.165, 1.54) is 22.3 Å². The predicted octanol–water partition coefficient (Wildman–Crippen LogP) is 3.29. The van der Waals surface area contributed by atoms with Gasteiger partial charge in [0.2, 0.25) is 0 Å². The van der Waals surface area contributed by atoms with Crippen LogP contribution in [0.3, 0.4) is 0 Å². The summed E-state index contributed by atoms with van der Waals surface area (Å²) >= 11 is 0. The summed E-state index contributed by atoms with van der Waals surface area (Å²) in [4.78, 5) is 4.58. The molecule has 0 radical (unpaired) electrons. The van der Waals surface area contributed by atoms with Crippen molar-refractivity contribution in [2.24, 2.45) is 16.6 Å². The fourth-order valence-electron chi connectivity index (χ4n) is 3.50. The van der Waals surface area contributed by atoms with E-state index in [2.05, 4.69) is 60.4 Å². The maximum Gasteiger partial charge on any atom is 0.283 e. The number of nitrogens with zero attached hydrogens (tertiary/aromatic N) is 1. The molecule has 2 aromatic carbocycles. The largest absolute Gasteiger partial charge is 0.457 e. The van der Waals surface area contributed by atoms with E-state index in [0.717, 1.165) is 6.42 Å². The molecule has 0 saturated carbocycles. The summed E-state index contributed by atoms with van der Waals surface area (Å²) in [6.07, 6.45) is 1.03. The van der Waals surface area contributed by atoms with Crippen molar-refractivity contribution in [3.8, 4) is 0 Å². The van der Waals surface area contributed by atoms with Crippen LogP contribution in [0.5, 0.6) is 0 Å². The van der Waals surface area contributed by atoms with Gasteiger partial charge in [0.25, 0.3) is 6.02 Å². The summed E-state index contributed by atoms with van der Waals surface area (Å²) in [5.74, 6) is 0.331. The van der Waals surface area contributed by atoms with Crippen molar-refractivity contribution in [2.75, 3.05) is 0 Å². The number of hydrogen-bond acceptors (Lipinski definition) is 3. The topological polar surface area (TPSA) is 47.6 Å². The lowest BCUT2D eigenvalue weighted by Gasteiger charge is -2.31. The molecule has 1 aliphatic carbocycles. The second kappa shape index (κ2) is 4.62. The fraction of sp³-hybridized carbons (Fsp3) is 0.278. The Labute approximate surface area is 124 Å². The molecule has 0 spiro atoms. The highest BCUT2D eigenvalue weighted by atomic mass is 16.5. The minimum Gasteiger partial charge on any atom is -0.457 e. The Morgan fingerprint density at radius 3 is 2.67 bits per heavy atom. The maximum absolute atomic E-state index is 5.93. The number of benzene rings is 2. The normalized spacial score (nSPS) is 26.5. The molecule has 0 unspecified atom stereocenters. The molecule has 3 nitrogen and oxygen atoms in total. The maximum atomic E-state index is 5.93. The Morgan fingerprint density at radius 2 is 1.86 bits per heavy atom. The molecule has 0 fully saturated rings.